The molecule has 30 heavy (non-hydrogen) atoms. The van der Waals surface area contributed by atoms with Crippen LogP contribution in [0.25, 0.3) is 21.8 Å². The number of pyridine rings is 1. The van der Waals surface area contributed by atoms with E-state index < -0.39 is 0 Å². The Morgan fingerprint density at radius 2 is 1.93 bits per heavy atom. The maximum atomic E-state index is 13.0. The first-order valence-corrected chi connectivity index (χ1v) is 9.46. The third-order valence-corrected chi connectivity index (χ3v) is 4.88. The first kappa shape index (κ1) is 19.4. The maximum Gasteiger partial charge on any atom is 0.322 e. The lowest BCUT2D eigenvalue weighted by Gasteiger charge is -2.26. The van der Waals surface area contributed by atoms with Gasteiger partial charge in [-0.05, 0) is 24.6 Å². The van der Waals surface area contributed by atoms with Crippen LogP contribution in [0.5, 0.6) is 0 Å². The van der Waals surface area contributed by atoms with E-state index in [1.165, 1.54) is 10.9 Å². The van der Waals surface area contributed by atoms with Crippen molar-refractivity contribution in [1.29, 1.82) is 0 Å². The van der Waals surface area contributed by atoms with E-state index in [1.54, 1.807) is 41.3 Å². The Morgan fingerprint density at radius 3 is 2.57 bits per heavy atom. The number of nitrogens with one attached hydrogen (secondary N) is 2. The zero-order chi connectivity index (χ0) is 21.1. The highest BCUT2D eigenvalue weighted by atomic mass is 16.5. The number of carbonyl (C=O) groups excluding carboxylic acids is 1. The Labute approximate surface area is 172 Å². The molecule has 0 aliphatic carbocycles. The molecule has 152 valence electrons. The van der Waals surface area contributed by atoms with E-state index in [4.69, 9.17) is 11.3 Å². The standard InChI is InChI=1S/C21H20N6O3/c1-14-19(15-3-5-16(22-2)6-4-15)20(28)27(25-14)18-8-7-17(13-23-18)24-21(29)26-9-11-30-12-10-26/h3-8,13,25H,9-12H2,1H3,(H,24,29). The average molecular weight is 404 g/mol. The van der Waals surface area contributed by atoms with Gasteiger partial charge in [-0.15, -0.1) is 0 Å². The Hall–Kier alpha value is -3.90. The molecule has 9 nitrogen and oxygen atoms in total. The number of rotatable bonds is 3. The summed E-state index contributed by atoms with van der Waals surface area (Å²) in [6.45, 7) is 11.0. The largest absolute Gasteiger partial charge is 0.378 e. The molecule has 2 aromatic heterocycles. The number of carbonyl (C=O) groups is 1. The quantitative estimate of drug-likeness (QED) is 0.656. The van der Waals surface area contributed by atoms with E-state index in [0.717, 1.165) is 5.56 Å². The number of aromatic nitrogens is 3. The van der Waals surface area contributed by atoms with E-state index in [-0.39, 0.29) is 11.6 Å². The van der Waals surface area contributed by atoms with Gasteiger partial charge in [-0.1, -0.05) is 24.3 Å². The van der Waals surface area contributed by atoms with Crippen LogP contribution in [0.1, 0.15) is 5.69 Å². The van der Waals surface area contributed by atoms with Gasteiger partial charge in [0.25, 0.3) is 5.56 Å². The first-order chi connectivity index (χ1) is 14.6. The molecule has 0 spiro atoms. The summed E-state index contributed by atoms with van der Waals surface area (Å²) >= 11 is 0. The van der Waals surface area contributed by atoms with Crippen molar-refractivity contribution in [3.8, 4) is 16.9 Å². The number of morpholine rings is 1. The van der Waals surface area contributed by atoms with Crippen LogP contribution in [0.3, 0.4) is 0 Å². The van der Waals surface area contributed by atoms with Gasteiger partial charge in [0.1, 0.15) is 0 Å². The number of benzene rings is 1. The summed E-state index contributed by atoms with van der Waals surface area (Å²) in [5.41, 5.74) is 2.78. The number of urea groups is 1. The molecule has 1 aliphatic heterocycles. The van der Waals surface area contributed by atoms with Crippen molar-refractivity contribution in [3.05, 3.63) is 70.1 Å². The van der Waals surface area contributed by atoms with Gasteiger partial charge in [0.2, 0.25) is 0 Å². The van der Waals surface area contributed by atoms with Crippen LogP contribution < -0.4 is 10.9 Å². The van der Waals surface area contributed by atoms with Crippen molar-refractivity contribution in [2.24, 2.45) is 0 Å². The smallest absolute Gasteiger partial charge is 0.322 e. The Morgan fingerprint density at radius 1 is 1.20 bits per heavy atom. The van der Waals surface area contributed by atoms with E-state index >= 15 is 0 Å². The third-order valence-electron chi connectivity index (χ3n) is 4.88. The minimum Gasteiger partial charge on any atom is -0.378 e. The van der Waals surface area contributed by atoms with Crippen LogP contribution in [-0.4, -0.2) is 52.0 Å². The van der Waals surface area contributed by atoms with Crippen LogP contribution >= 0.6 is 0 Å². The van der Waals surface area contributed by atoms with Crippen molar-refractivity contribution in [3.63, 3.8) is 0 Å². The molecule has 9 heteroatoms. The van der Waals surface area contributed by atoms with E-state index in [9.17, 15) is 9.59 Å². The van der Waals surface area contributed by atoms with E-state index in [0.29, 0.717) is 54.8 Å². The Kier molecular flexibility index (Phi) is 5.32. The molecule has 0 radical (unpaired) electrons. The average Bonchev–Trinajstić information content (AvgIpc) is 3.09. The number of nitrogens with zero attached hydrogens (tertiary/aromatic N) is 4. The molecule has 0 saturated carbocycles. The molecule has 1 fully saturated rings. The van der Waals surface area contributed by atoms with Crippen LogP contribution in [0, 0.1) is 13.5 Å². The number of H-pyrrole nitrogens is 1. The topological polar surface area (TPSA) is 96.6 Å². The van der Waals surface area contributed by atoms with Gasteiger partial charge in [-0.3, -0.25) is 9.89 Å². The zero-order valence-electron chi connectivity index (χ0n) is 16.4. The second kappa shape index (κ2) is 8.23. The highest BCUT2D eigenvalue weighted by Crippen LogP contribution is 2.23. The summed E-state index contributed by atoms with van der Waals surface area (Å²) in [7, 11) is 0. The minimum atomic E-state index is -0.235. The van der Waals surface area contributed by atoms with Crippen molar-refractivity contribution in [2.45, 2.75) is 6.92 Å². The van der Waals surface area contributed by atoms with Gasteiger partial charge in [-0.25, -0.2) is 19.3 Å². The van der Waals surface area contributed by atoms with Crippen LogP contribution in [0.2, 0.25) is 0 Å². The summed E-state index contributed by atoms with van der Waals surface area (Å²) in [4.78, 5) is 34.6. The van der Waals surface area contributed by atoms with Gasteiger partial charge in [0.05, 0.1) is 37.2 Å². The van der Waals surface area contributed by atoms with Gasteiger partial charge in [0, 0.05) is 18.8 Å². The third kappa shape index (κ3) is 3.81. The lowest BCUT2D eigenvalue weighted by molar-refractivity contribution is 0.0564. The second-order valence-corrected chi connectivity index (χ2v) is 6.85. The highest BCUT2D eigenvalue weighted by Gasteiger charge is 2.18. The fourth-order valence-electron chi connectivity index (χ4n) is 3.31. The van der Waals surface area contributed by atoms with Crippen LogP contribution in [0.15, 0.2) is 47.4 Å². The predicted molar refractivity (Wildman–Crippen MR) is 112 cm³/mol. The van der Waals surface area contributed by atoms with E-state index in [2.05, 4.69) is 20.2 Å². The summed E-state index contributed by atoms with van der Waals surface area (Å²) < 4.78 is 6.61. The molecule has 1 aliphatic rings. The molecule has 1 aromatic carbocycles. The summed E-state index contributed by atoms with van der Waals surface area (Å²) in [5.74, 6) is 0.413. The maximum absolute atomic E-state index is 13.0. The molecular formula is C21H20N6O3. The van der Waals surface area contributed by atoms with Gasteiger partial charge < -0.3 is 15.0 Å². The highest BCUT2D eigenvalue weighted by molar-refractivity contribution is 5.89. The molecule has 0 unspecified atom stereocenters. The lowest BCUT2D eigenvalue weighted by Crippen LogP contribution is -2.43. The van der Waals surface area contributed by atoms with Gasteiger partial charge >= 0.3 is 6.03 Å². The second-order valence-electron chi connectivity index (χ2n) is 6.85. The molecule has 3 aromatic rings. The number of hydrogen-bond acceptors (Lipinski definition) is 4. The van der Waals surface area contributed by atoms with Gasteiger partial charge in [-0.2, -0.15) is 0 Å². The summed E-state index contributed by atoms with van der Waals surface area (Å²) in [6.07, 6.45) is 1.51. The normalized spacial score (nSPS) is 13.7. The molecular weight excluding hydrogens is 384 g/mol. The number of aromatic amines is 1. The molecule has 2 amide bonds. The predicted octanol–water partition coefficient (Wildman–Crippen LogP) is 2.95. The fourth-order valence-corrected chi connectivity index (χ4v) is 3.31. The van der Waals surface area contributed by atoms with Crippen LogP contribution in [0.4, 0.5) is 16.2 Å². The lowest BCUT2D eigenvalue weighted by atomic mass is 10.1. The molecule has 0 bridgehead atoms. The number of ether oxygens (including phenoxy) is 1. The fraction of sp³-hybridized carbons (Fsp3) is 0.238. The van der Waals surface area contributed by atoms with Gasteiger partial charge in [0.15, 0.2) is 11.5 Å². The van der Waals surface area contributed by atoms with E-state index in [1.807, 2.05) is 6.92 Å². The number of anilines is 1. The molecule has 0 atom stereocenters. The SMILES string of the molecule is [C-]#[N+]c1ccc(-c2c(C)[nH]n(-c3ccc(NC(=O)N4CCOCC4)cn3)c2=O)cc1. The van der Waals surface area contributed by atoms with Crippen molar-refractivity contribution in [1.82, 2.24) is 19.7 Å². The Balaban J connectivity index is 1.55. The zero-order valence-corrected chi connectivity index (χ0v) is 16.4. The van der Waals surface area contributed by atoms with Crippen molar-refractivity contribution in [2.75, 3.05) is 31.6 Å². The monoisotopic (exact) mass is 404 g/mol. The van der Waals surface area contributed by atoms with Crippen molar-refractivity contribution < 1.29 is 9.53 Å². The molecule has 2 N–H and O–H groups in total. The number of aryl methyl sites for hydroxylation is 1. The summed E-state index contributed by atoms with van der Waals surface area (Å²) in [5, 5.41) is 5.85. The minimum absolute atomic E-state index is 0.203. The first-order valence-electron chi connectivity index (χ1n) is 9.46. The molecule has 1 saturated heterocycles. The number of amides is 2. The molecule has 3 heterocycles. The van der Waals surface area contributed by atoms with Crippen LogP contribution in [-0.2, 0) is 4.74 Å². The Bertz CT molecular complexity index is 1150. The van der Waals surface area contributed by atoms with Crippen molar-refractivity contribution >= 4 is 17.4 Å². The number of hydrogen-bond donors (Lipinski definition) is 2. The molecule has 4 rings (SSSR count). The summed E-state index contributed by atoms with van der Waals surface area (Å²) in [6, 6.07) is 10.0.